The first-order valence-electron chi connectivity index (χ1n) is 8.71. The standard InChI is InChI=1S/C17H27N5O2/c1-10(2)12-8-22(14-7-15(24-3)21-17(18)20-14)9-13(12)19-16(23)11-5-4-6-11/h7,10-13H,4-6,8-9H2,1-3H3,(H,19,23)(H2,18,20,21)/t12-,13+/m1/s1. The second kappa shape index (κ2) is 6.83. The zero-order valence-corrected chi connectivity index (χ0v) is 14.7. The largest absolute Gasteiger partial charge is 0.481 e. The van der Waals surface area contributed by atoms with E-state index in [0.29, 0.717) is 17.7 Å². The van der Waals surface area contributed by atoms with Crippen LogP contribution in [0.2, 0.25) is 0 Å². The van der Waals surface area contributed by atoms with Crippen LogP contribution in [-0.2, 0) is 4.79 Å². The van der Waals surface area contributed by atoms with Crippen LogP contribution in [0.3, 0.4) is 0 Å². The van der Waals surface area contributed by atoms with E-state index in [0.717, 1.165) is 31.7 Å². The van der Waals surface area contributed by atoms with Gasteiger partial charge in [-0.05, 0) is 18.8 Å². The first-order chi connectivity index (χ1) is 11.5. The van der Waals surface area contributed by atoms with Crippen LogP contribution in [0.4, 0.5) is 11.8 Å². The molecule has 3 rings (SSSR count). The predicted octanol–water partition coefficient (Wildman–Crippen LogP) is 1.44. The highest BCUT2D eigenvalue weighted by Gasteiger charge is 2.38. The van der Waals surface area contributed by atoms with Gasteiger partial charge in [-0.15, -0.1) is 0 Å². The molecule has 0 aromatic carbocycles. The molecule has 1 aromatic heterocycles. The molecule has 7 heteroatoms. The maximum absolute atomic E-state index is 12.4. The lowest BCUT2D eigenvalue weighted by Crippen LogP contribution is -2.46. The first-order valence-corrected chi connectivity index (χ1v) is 8.71. The van der Waals surface area contributed by atoms with E-state index in [1.165, 1.54) is 6.42 Å². The van der Waals surface area contributed by atoms with Crippen LogP contribution >= 0.6 is 0 Å². The summed E-state index contributed by atoms with van der Waals surface area (Å²) in [5, 5.41) is 3.27. The van der Waals surface area contributed by atoms with Crippen LogP contribution in [0.5, 0.6) is 5.88 Å². The van der Waals surface area contributed by atoms with Gasteiger partial charge in [0, 0.05) is 31.0 Å². The number of rotatable bonds is 5. The number of aromatic nitrogens is 2. The third-order valence-electron chi connectivity index (χ3n) is 5.26. The molecule has 0 unspecified atom stereocenters. The summed E-state index contributed by atoms with van der Waals surface area (Å²) < 4.78 is 5.19. The zero-order valence-electron chi connectivity index (χ0n) is 14.7. The second-order valence-corrected chi connectivity index (χ2v) is 7.18. The minimum Gasteiger partial charge on any atom is -0.481 e. The number of amides is 1. The van der Waals surface area contributed by atoms with Crippen molar-refractivity contribution >= 4 is 17.7 Å². The molecule has 2 fully saturated rings. The SMILES string of the molecule is COc1cc(N2C[C@H](NC(=O)C3CCC3)[C@@H](C(C)C)C2)nc(N)n1. The maximum atomic E-state index is 12.4. The fourth-order valence-electron chi connectivity index (χ4n) is 3.51. The molecule has 132 valence electrons. The third kappa shape index (κ3) is 3.39. The summed E-state index contributed by atoms with van der Waals surface area (Å²) in [5.41, 5.74) is 5.78. The molecule has 0 bridgehead atoms. The molecule has 1 saturated heterocycles. The fourth-order valence-corrected chi connectivity index (χ4v) is 3.51. The van der Waals surface area contributed by atoms with Gasteiger partial charge >= 0.3 is 0 Å². The van der Waals surface area contributed by atoms with Gasteiger partial charge in [0.05, 0.1) is 13.2 Å². The van der Waals surface area contributed by atoms with E-state index in [2.05, 4.69) is 34.0 Å². The number of carbonyl (C=O) groups excluding carboxylic acids is 1. The number of nitrogens with two attached hydrogens (primary N) is 1. The van der Waals surface area contributed by atoms with E-state index in [4.69, 9.17) is 10.5 Å². The van der Waals surface area contributed by atoms with Crippen LogP contribution in [0, 0.1) is 17.8 Å². The molecule has 0 radical (unpaired) electrons. The van der Waals surface area contributed by atoms with Gasteiger partial charge in [0.25, 0.3) is 0 Å². The summed E-state index contributed by atoms with van der Waals surface area (Å²) in [6.07, 6.45) is 3.21. The molecule has 3 N–H and O–H groups in total. The Morgan fingerprint density at radius 1 is 1.38 bits per heavy atom. The summed E-state index contributed by atoms with van der Waals surface area (Å²) in [6, 6.07) is 1.93. The zero-order chi connectivity index (χ0) is 17.3. The van der Waals surface area contributed by atoms with Gasteiger partial charge < -0.3 is 20.7 Å². The van der Waals surface area contributed by atoms with Crippen LogP contribution < -0.4 is 20.7 Å². The number of hydrogen-bond donors (Lipinski definition) is 2. The minimum absolute atomic E-state index is 0.139. The average Bonchev–Trinajstić information content (AvgIpc) is 2.88. The van der Waals surface area contributed by atoms with Crippen molar-refractivity contribution in [1.82, 2.24) is 15.3 Å². The van der Waals surface area contributed by atoms with E-state index in [1.54, 1.807) is 13.2 Å². The van der Waals surface area contributed by atoms with Crippen molar-refractivity contribution in [3.63, 3.8) is 0 Å². The highest BCUT2D eigenvalue weighted by Crippen LogP contribution is 2.31. The molecular formula is C17H27N5O2. The van der Waals surface area contributed by atoms with Crippen molar-refractivity contribution in [2.24, 2.45) is 17.8 Å². The minimum atomic E-state index is 0.139. The van der Waals surface area contributed by atoms with Gasteiger partial charge in [-0.3, -0.25) is 4.79 Å². The summed E-state index contributed by atoms with van der Waals surface area (Å²) >= 11 is 0. The van der Waals surface area contributed by atoms with Crippen LogP contribution in [0.15, 0.2) is 6.07 Å². The van der Waals surface area contributed by atoms with E-state index in [-0.39, 0.29) is 23.8 Å². The predicted molar refractivity (Wildman–Crippen MR) is 92.8 cm³/mol. The quantitative estimate of drug-likeness (QED) is 0.847. The molecule has 2 atom stereocenters. The topological polar surface area (TPSA) is 93.4 Å². The Kier molecular flexibility index (Phi) is 4.78. The highest BCUT2D eigenvalue weighted by atomic mass is 16.5. The summed E-state index contributed by atoms with van der Waals surface area (Å²) in [5.74, 6) is 2.69. The first kappa shape index (κ1) is 16.8. The second-order valence-electron chi connectivity index (χ2n) is 7.18. The van der Waals surface area contributed by atoms with Gasteiger partial charge in [-0.2, -0.15) is 9.97 Å². The third-order valence-corrected chi connectivity index (χ3v) is 5.26. The number of ether oxygens (including phenoxy) is 1. The van der Waals surface area contributed by atoms with Crippen LogP contribution in [-0.4, -0.2) is 42.1 Å². The number of carbonyl (C=O) groups is 1. The molecule has 1 aromatic rings. The van der Waals surface area contributed by atoms with Gasteiger partial charge in [0.1, 0.15) is 5.82 Å². The fraction of sp³-hybridized carbons (Fsp3) is 0.706. The van der Waals surface area contributed by atoms with E-state index < -0.39 is 0 Å². The molecule has 1 aliphatic carbocycles. The molecule has 7 nitrogen and oxygen atoms in total. The van der Waals surface area contributed by atoms with E-state index in [9.17, 15) is 4.79 Å². The number of nitrogens with zero attached hydrogens (tertiary/aromatic N) is 3. The maximum Gasteiger partial charge on any atom is 0.225 e. The van der Waals surface area contributed by atoms with Gasteiger partial charge in [-0.25, -0.2) is 0 Å². The number of nitrogen functional groups attached to an aromatic ring is 1. The monoisotopic (exact) mass is 333 g/mol. The van der Waals surface area contributed by atoms with Crippen molar-refractivity contribution in [3.8, 4) is 5.88 Å². The van der Waals surface area contributed by atoms with Crippen LogP contribution in [0.25, 0.3) is 0 Å². The lowest BCUT2D eigenvalue weighted by molar-refractivity contribution is -0.128. The highest BCUT2D eigenvalue weighted by molar-refractivity contribution is 5.79. The average molecular weight is 333 g/mol. The van der Waals surface area contributed by atoms with Crippen molar-refractivity contribution in [2.75, 3.05) is 30.8 Å². The van der Waals surface area contributed by atoms with Crippen LogP contribution in [0.1, 0.15) is 33.1 Å². The Labute approximate surface area is 143 Å². The molecule has 1 amide bonds. The molecule has 1 saturated carbocycles. The molecule has 1 aliphatic heterocycles. The Balaban J connectivity index is 1.74. The Hall–Kier alpha value is -2.05. The number of nitrogens with one attached hydrogen (secondary N) is 1. The lowest BCUT2D eigenvalue weighted by atomic mass is 9.84. The Morgan fingerprint density at radius 3 is 2.71 bits per heavy atom. The molecular weight excluding hydrogens is 306 g/mol. The summed E-state index contributed by atoms with van der Waals surface area (Å²) in [4.78, 5) is 22.9. The smallest absolute Gasteiger partial charge is 0.225 e. The molecule has 2 heterocycles. The number of anilines is 2. The molecule has 2 aliphatic rings. The normalized spacial score (nSPS) is 24.1. The summed E-state index contributed by atoms with van der Waals surface area (Å²) in [7, 11) is 1.56. The van der Waals surface area contributed by atoms with Crippen molar-refractivity contribution < 1.29 is 9.53 Å². The molecule has 24 heavy (non-hydrogen) atoms. The van der Waals surface area contributed by atoms with E-state index in [1.807, 2.05) is 0 Å². The molecule has 0 spiro atoms. The lowest BCUT2D eigenvalue weighted by Gasteiger charge is -2.28. The van der Waals surface area contributed by atoms with E-state index >= 15 is 0 Å². The Bertz CT molecular complexity index is 603. The number of methoxy groups -OCH3 is 1. The van der Waals surface area contributed by atoms with Gasteiger partial charge in [-0.1, -0.05) is 20.3 Å². The van der Waals surface area contributed by atoms with Crippen molar-refractivity contribution in [3.05, 3.63) is 6.07 Å². The Morgan fingerprint density at radius 2 is 2.12 bits per heavy atom. The van der Waals surface area contributed by atoms with Crippen molar-refractivity contribution in [1.29, 1.82) is 0 Å². The van der Waals surface area contributed by atoms with Crippen molar-refractivity contribution in [2.45, 2.75) is 39.2 Å². The van der Waals surface area contributed by atoms with Gasteiger partial charge in [0.2, 0.25) is 17.7 Å². The summed E-state index contributed by atoms with van der Waals surface area (Å²) in [6.45, 7) is 5.98. The van der Waals surface area contributed by atoms with Gasteiger partial charge in [0.15, 0.2) is 0 Å². The number of hydrogen-bond acceptors (Lipinski definition) is 6.